The minimum Gasteiger partial charge on any atom is -0.423 e. The summed E-state index contributed by atoms with van der Waals surface area (Å²) in [6.07, 6.45) is 0. The van der Waals surface area contributed by atoms with Gasteiger partial charge in [0.05, 0.1) is 4.92 Å². The Morgan fingerprint density at radius 2 is 2.11 bits per heavy atom. The van der Waals surface area contributed by atoms with Crippen molar-refractivity contribution in [1.82, 2.24) is 15.0 Å². The minimum absolute atomic E-state index is 0.114. The summed E-state index contributed by atoms with van der Waals surface area (Å²) in [5.41, 5.74) is 5.24. The Morgan fingerprint density at radius 1 is 1.37 bits per heavy atom. The molecule has 0 saturated heterocycles. The Hall–Kier alpha value is -2.00. The summed E-state index contributed by atoms with van der Waals surface area (Å²) in [6.45, 7) is 0. The van der Waals surface area contributed by atoms with E-state index >= 15 is 0 Å². The van der Waals surface area contributed by atoms with E-state index in [4.69, 9.17) is 22.1 Å². The van der Waals surface area contributed by atoms with E-state index in [-0.39, 0.29) is 33.2 Å². The predicted molar refractivity (Wildman–Crippen MR) is 70.1 cm³/mol. The highest BCUT2D eigenvalue weighted by Crippen LogP contribution is 2.35. The van der Waals surface area contributed by atoms with Crippen LogP contribution < -0.4 is 10.5 Å². The SMILES string of the molecule is Nc1nc(Cl)nc(Oc2cccc([N+](=O)[O-])c2Br)n1. The molecule has 0 aliphatic rings. The molecule has 19 heavy (non-hydrogen) atoms. The average Bonchev–Trinajstić information content (AvgIpc) is 2.30. The van der Waals surface area contributed by atoms with Gasteiger partial charge in [0.1, 0.15) is 4.47 Å². The monoisotopic (exact) mass is 345 g/mol. The summed E-state index contributed by atoms with van der Waals surface area (Å²) >= 11 is 8.67. The van der Waals surface area contributed by atoms with E-state index in [0.717, 1.165) is 0 Å². The van der Waals surface area contributed by atoms with Crippen LogP contribution in [0.3, 0.4) is 0 Å². The summed E-state index contributed by atoms with van der Waals surface area (Å²) in [5.74, 6) is 0.0485. The van der Waals surface area contributed by atoms with Gasteiger partial charge in [0.15, 0.2) is 5.75 Å². The van der Waals surface area contributed by atoms with Crippen LogP contribution in [0.4, 0.5) is 11.6 Å². The number of nitrogen functional groups attached to an aromatic ring is 1. The van der Waals surface area contributed by atoms with Crippen LogP contribution in [0.2, 0.25) is 5.28 Å². The summed E-state index contributed by atoms with van der Waals surface area (Å²) in [7, 11) is 0. The number of halogens is 2. The highest BCUT2D eigenvalue weighted by Gasteiger charge is 2.17. The normalized spacial score (nSPS) is 10.2. The smallest absolute Gasteiger partial charge is 0.328 e. The Bertz CT molecular complexity index is 633. The van der Waals surface area contributed by atoms with Gasteiger partial charge < -0.3 is 10.5 Å². The quantitative estimate of drug-likeness (QED) is 0.670. The molecular formula is C9H5BrClN5O3. The van der Waals surface area contributed by atoms with Crippen molar-refractivity contribution in [3.8, 4) is 11.8 Å². The van der Waals surface area contributed by atoms with Crippen LogP contribution in [0.5, 0.6) is 11.8 Å². The summed E-state index contributed by atoms with van der Waals surface area (Å²) < 4.78 is 5.45. The van der Waals surface area contributed by atoms with Gasteiger partial charge in [-0.3, -0.25) is 10.1 Å². The third-order valence-electron chi connectivity index (χ3n) is 1.95. The lowest BCUT2D eigenvalue weighted by atomic mass is 10.3. The van der Waals surface area contributed by atoms with E-state index in [0.29, 0.717) is 0 Å². The number of nitro groups is 1. The van der Waals surface area contributed by atoms with Crippen molar-refractivity contribution in [2.45, 2.75) is 0 Å². The molecule has 0 unspecified atom stereocenters. The van der Waals surface area contributed by atoms with E-state index in [2.05, 4.69) is 30.9 Å². The van der Waals surface area contributed by atoms with Crippen LogP contribution in [-0.4, -0.2) is 19.9 Å². The molecule has 98 valence electrons. The third-order valence-corrected chi connectivity index (χ3v) is 2.91. The van der Waals surface area contributed by atoms with Gasteiger partial charge in [0.2, 0.25) is 11.2 Å². The summed E-state index contributed by atoms with van der Waals surface area (Å²) in [6, 6.07) is 4.14. The number of nitro benzene ring substituents is 1. The fourth-order valence-corrected chi connectivity index (χ4v) is 1.86. The van der Waals surface area contributed by atoms with Gasteiger partial charge in [-0.1, -0.05) is 6.07 Å². The first-order chi connectivity index (χ1) is 8.97. The lowest BCUT2D eigenvalue weighted by Crippen LogP contribution is -2.01. The molecule has 8 nitrogen and oxygen atoms in total. The Labute approximate surface area is 119 Å². The lowest BCUT2D eigenvalue weighted by molar-refractivity contribution is -0.385. The van der Waals surface area contributed by atoms with Crippen molar-refractivity contribution in [3.63, 3.8) is 0 Å². The molecule has 10 heteroatoms. The molecule has 1 aromatic carbocycles. The average molecular weight is 347 g/mol. The molecule has 0 aliphatic heterocycles. The number of hydrogen-bond donors (Lipinski definition) is 1. The first-order valence-electron chi connectivity index (χ1n) is 4.75. The molecule has 2 aromatic rings. The topological polar surface area (TPSA) is 117 Å². The van der Waals surface area contributed by atoms with Crippen LogP contribution in [0.15, 0.2) is 22.7 Å². The number of aromatic nitrogens is 3. The van der Waals surface area contributed by atoms with Gasteiger partial charge in [0.25, 0.3) is 5.69 Å². The van der Waals surface area contributed by atoms with Crippen LogP contribution in [0, 0.1) is 10.1 Å². The first kappa shape index (κ1) is 13.4. The largest absolute Gasteiger partial charge is 0.423 e. The number of anilines is 1. The van der Waals surface area contributed by atoms with Crippen LogP contribution >= 0.6 is 27.5 Å². The van der Waals surface area contributed by atoms with Gasteiger partial charge >= 0.3 is 6.01 Å². The predicted octanol–water partition coefficient (Wildman–Crippen LogP) is 2.57. The van der Waals surface area contributed by atoms with E-state index in [1.165, 1.54) is 18.2 Å². The van der Waals surface area contributed by atoms with E-state index in [1.54, 1.807) is 0 Å². The molecule has 0 aliphatic carbocycles. The van der Waals surface area contributed by atoms with Crippen molar-refractivity contribution in [2.75, 3.05) is 5.73 Å². The molecule has 0 radical (unpaired) electrons. The lowest BCUT2D eigenvalue weighted by Gasteiger charge is -2.06. The van der Waals surface area contributed by atoms with Crippen LogP contribution in [0.1, 0.15) is 0 Å². The molecule has 1 aromatic heterocycles. The number of hydrogen-bond acceptors (Lipinski definition) is 7. The van der Waals surface area contributed by atoms with Gasteiger partial charge in [-0.15, -0.1) is 0 Å². The maximum Gasteiger partial charge on any atom is 0.328 e. The maximum atomic E-state index is 10.8. The molecule has 0 saturated carbocycles. The van der Waals surface area contributed by atoms with Crippen molar-refractivity contribution < 1.29 is 9.66 Å². The van der Waals surface area contributed by atoms with Crippen LogP contribution in [-0.2, 0) is 0 Å². The fraction of sp³-hybridized carbons (Fsp3) is 0. The second kappa shape index (κ2) is 5.33. The van der Waals surface area contributed by atoms with E-state index < -0.39 is 4.92 Å². The second-order valence-electron chi connectivity index (χ2n) is 3.19. The number of rotatable bonds is 3. The van der Waals surface area contributed by atoms with Gasteiger partial charge in [-0.25, -0.2) is 0 Å². The molecule has 1 heterocycles. The number of benzene rings is 1. The molecule has 2 N–H and O–H groups in total. The van der Waals surface area contributed by atoms with Gasteiger partial charge in [-0.2, -0.15) is 15.0 Å². The van der Waals surface area contributed by atoms with Crippen molar-refractivity contribution in [1.29, 1.82) is 0 Å². The minimum atomic E-state index is -0.550. The first-order valence-corrected chi connectivity index (χ1v) is 5.92. The Morgan fingerprint density at radius 3 is 2.74 bits per heavy atom. The third kappa shape index (κ3) is 3.06. The zero-order valence-electron chi connectivity index (χ0n) is 9.08. The molecule has 0 fully saturated rings. The maximum absolute atomic E-state index is 10.8. The van der Waals surface area contributed by atoms with Crippen molar-refractivity contribution in [3.05, 3.63) is 38.1 Å². The second-order valence-corrected chi connectivity index (χ2v) is 4.32. The molecule has 2 rings (SSSR count). The molecule has 0 bridgehead atoms. The molecule has 0 spiro atoms. The highest BCUT2D eigenvalue weighted by molar-refractivity contribution is 9.10. The van der Waals surface area contributed by atoms with Gasteiger partial charge in [0, 0.05) is 6.07 Å². The van der Waals surface area contributed by atoms with Crippen molar-refractivity contribution in [2.24, 2.45) is 0 Å². The van der Waals surface area contributed by atoms with E-state index in [1.807, 2.05) is 0 Å². The highest BCUT2D eigenvalue weighted by atomic mass is 79.9. The number of nitrogens with zero attached hydrogens (tertiary/aromatic N) is 4. The van der Waals surface area contributed by atoms with E-state index in [9.17, 15) is 10.1 Å². The van der Waals surface area contributed by atoms with Gasteiger partial charge in [-0.05, 0) is 33.6 Å². The van der Waals surface area contributed by atoms with Crippen LogP contribution in [0.25, 0.3) is 0 Å². The molecular weight excluding hydrogens is 341 g/mol. The zero-order chi connectivity index (χ0) is 14.0. The summed E-state index contributed by atoms with van der Waals surface area (Å²) in [5, 5.41) is 10.6. The van der Waals surface area contributed by atoms with Crippen molar-refractivity contribution >= 4 is 39.2 Å². The zero-order valence-corrected chi connectivity index (χ0v) is 11.4. The molecule has 0 atom stereocenters. The Kier molecular flexibility index (Phi) is 3.76. The fourth-order valence-electron chi connectivity index (χ4n) is 1.21. The standard InChI is InChI=1S/C9H5BrClN5O3/c10-6-4(16(17)18)2-1-3-5(6)19-9-14-7(11)13-8(12)15-9/h1-3H,(H2,12,13,14,15). The number of nitrogens with two attached hydrogens (primary N) is 1. The summed E-state index contributed by atoms with van der Waals surface area (Å²) in [4.78, 5) is 21.2. The number of ether oxygens (including phenoxy) is 1. The Balaban J connectivity index is 2.38. The molecule has 0 amide bonds.